The Morgan fingerprint density at radius 1 is 0.963 bits per heavy atom. The summed E-state index contributed by atoms with van der Waals surface area (Å²) >= 11 is 0. The zero-order valence-electron chi connectivity index (χ0n) is 16.5. The molecule has 3 atom stereocenters. The topological polar surface area (TPSA) is 77.8 Å². The second-order valence-electron chi connectivity index (χ2n) is 7.52. The highest BCUT2D eigenvalue weighted by molar-refractivity contribution is 5.98. The average Bonchev–Trinajstić information content (AvgIpc) is 2.66. The molecule has 0 saturated carbocycles. The molecule has 3 N–H and O–H groups in total. The molecule has 0 heterocycles. The molecule has 0 aromatic heterocycles. The van der Waals surface area contributed by atoms with Gasteiger partial charge in [0.25, 0.3) is 0 Å². The third-order valence-corrected chi connectivity index (χ3v) is 5.22. The van der Waals surface area contributed by atoms with E-state index in [1.54, 1.807) is 0 Å². The molecule has 27 heavy (non-hydrogen) atoms. The minimum Gasteiger partial charge on any atom is -0.387 e. The van der Waals surface area contributed by atoms with Crippen LogP contribution in [0, 0.1) is 12.3 Å². The minimum atomic E-state index is -1.84. The van der Waals surface area contributed by atoms with Gasteiger partial charge in [0.1, 0.15) is 12.2 Å². The van der Waals surface area contributed by atoms with Gasteiger partial charge in [0.15, 0.2) is 11.4 Å². The maximum absolute atomic E-state index is 11.8. The van der Waals surface area contributed by atoms with Gasteiger partial charge in [-0.1, -0.05) is 50.7 Å². The number of hydrogen-bond donors (Lipinski definition) is 3. The highest BCUT2D eigenvalue weighted by Gasteiger charge is 2.46. The molecule has 0 saturated heterocycles. The summed E-state index contributed by atoms with van der Waals surface area (Å²) in [5, 5.41) is 29.8. The second-order valence-corrected chi connectivity index (χ2v) is 7.52. The van der Waals surface area contributed by atoms with Gasteiger partial charge in [-0.15, -0.1) is 12.3 Å². The minimum absolute atomic E-state index is 0.190. The molecule has 4 nitrogen and oxygen atoms in total. The molecule has 152 valence electrons. The number of aliphatic hydroxyl groups excluding tert-OH is 2. The van der Waals surface area contributed by atoms with Crippen molar-refractivity contribution in [1.29, 1.82) is 0 Å². The van der Waals surface area contributed by atoms with Gasteiger partial charge in [-0.25, -0.2) is 0 Å². The van der Waals surface area contributed by atoms with E-state index < -0.39 is 23.6 Å². The van der Waals surface area contributed by atoms with Crippen LogP contribution in [0.4, 0.5) is 0 Å². The third-order valence-electron chi connectivity index (χ3n) is 5.22. The van der Waals surface area contributed by atoms with E-state index in [0.29, 0.717) is 6.42 Å². The second kappa shape index (κ2) is 13.7. The Balaban J connectivity index is 1.99. The van der Waals surface area contributed by atoms with Gasteiger partial charge in [0, 0.05) is 6.42 Å². The molecule has 0 unspecified atom stereocenters. The van der Waals surface area contributed by atoms with Crippen LogP contribution in [0.2, 0.25) is 0 Å². The molecule has 4 heteroatoms. The van der Waals surface area contributed by atoms with Crippen LogP contribution in [0.25, 0.3) is 0 Å². The van der Waals surface area contributed by atoms with Gasteiger partial charge in [-0.3, -0.25) is 4.79 Å². The number of hydrogen-bond acceptors (Lipinski definition) is 4. The van der Waals surface area contributed by atoms with E-state index in [9.17, 15) is 20.1 Å². The van der Waals surface area contributed by atoms with Crippen LogP contribution in [0.5, 0.6) is 0 Å². The Labute approximate surface area is 164 Å². The van der Waals surface area contributed by atoms with Gasteiger partial charge < -0.3 is 15.3 Å². The molecule has 0 aliphatic heterocycles. The summed E-state index contributed by atoms with van der Waals surface area (Å²) in [6.45, 7) is 0. The van der Waals surface area contributed by atoms with Crippen molar-refractivity contribution in [3.63, 3.8) is 0 Å². The first-order chi connectivity index (χ1) is 13.0. The number of allylic oxidation sites excluding steroid dienone is 2. The fraction of sp³-hybridized carbons (Fsp3) is 0.696. The standard InChI is InChI=1S/C23H36O4/c1-2-3-4-5-6-7-8-9-10-11-12-13-14-15-16-19-23(27)21(25)18-17-20(24)22(23)26/h1,9-10,17-18,20,22,24,26-27H,3-8,11-16,19H2/b10-9-/t20-,22+,23-/m0/s1. The summed E-state index contributed by atoms with van der Waals surface area (Å²) < 4.78 is 0. The van der Waals surface area contributed by atoms with Gasteiger partial charge in [0.05, 0.1) is 0 Å². The quantitative estimate of drug-likeness (QED) is 0.244. The van der Waals surface area contributed by atoms with Crippen molar-refractivity contribution >= 4 is 5.78 Å². The smallest absolute Gasteiger partial charge is 0.189 e. The summed E-state index contributed by atoms with van der Waals surface area (Å²) in [7, 11) is 0. The van der Waals surface area contributed by atoms with E-state index in [1.807, 2.05) is 0 Å². The van der Waals surface area contributed by atoms with Crippen LogP contribution in [-0.4, -0.2) is 38.9 Å². The van der Waals surface area contributed by atoms with Crippen molar-refractivity contribution in [2.24, 2.45) is 0 Å². The molecular formula is C23H36O4. The Bertz CT molecular complexity index is 517. The predicted molar refractivity (Wildman–Crippen MR) is 109 cm³/mol. The molecule has 0 aromatic rings. The fourth-order valence-corrected chi connectivity index (χ4v) is 3.40. The number of ketones is 1. The molecule has 0 amide bonds. The number of carbonyl (C=O) groups is 1. The first-order valence-corrected chi connectivity index (χ1v) is 10.4. The van der Waals surface area contributed by atoms with Gasteiger partial charge in [-0.2, -0.15) is 0 Å². The largest absolute Gasteiger partial charge is 0.387 e. The number of rotatable bonds is 14. The fourth-order valence-electron chi connectivity index (χ4n) is 3.40. The van der Waals surface area contributed by atoms with E-state index in [0.717, 1.165) is 51.4 Å². The zero-order valence-corrected chi connectivity index (χ0v) is 16.5. The Kier molecular flexibility index (Phi) is 12.0. The zero-order chi connectivity index (χ0) is 20.0. The van der Waals surface area contributed by atoms with Gasteiger partial charge in [0.2, 0.25) is 0 Å². The van der Waals surface area contributed by atoms with Crippen LogP contribution in [-0.2, 0) is 4.79 Å². The van der Waals surface area contributed by atoms with E-state index in [4.69, 9.17) is 6.42 Å². The number of terminal acetylenes is 1. The molecular weight excluding hydrogens is 340 g/mol. The van der Waals surface area contributed by atoms with Crippen LogP contribution >= 0.6 is 0 Å². The highest BCUT2D eigenvalue weighted by atomic mass is 16.4. The lowest BCUT2D eigenvalue weighted by Crippen LogP contribution is -2.56. The van der Waals surface area contributed by atoms with E-state index in [1.165, 1.54) is 31.4 Å². The summed E-state index contributed by atoms with van der Waals surface area (Å²) in [4.78, 5) is 11.8. The monoisotopic (exact) mass is 376 g/mol. The predicted octanol–water partition coefficient (Wildman–Crippen LogP) is 3.84. The third kappa shape index (κ3) is 8.88. The maximum Gasteiger partial charge on any atom is 0.189 e. The van der Waals surface area contributed by atoms with E-state index in [-0.39, 0.29) is 6.42 Å². The van der Waals surface area contributed by atoms with Crippen LogP contribution in [0.1, 0.15) is 83.5 Å². The lowest BCUT2D eigenvalue weighted by molar-refractivity contribution is -0.158. The highest BCUT2D eigenvalue weighted by Crippen LogP contribution is 2.27. The molecule has 0 radical (unpaired) electrons. The van der Waals surface area contributed by atoms with Crippen molar-refractivity contribution in [1.82, 2.24) is 0 Å². The Morgan fingerprint density at radius 2 is 1.52 bits per heavy atom. The lowest BCUT2D eigenvalue weighted by atomic mass is 9.80. The average molecular weight is 377 g/mol. The van der Waals surface area contributed by atoms with Crippen LogP contribution < -0.4 is 0 Å². The normalized spacial score (nSPS) is 25.2. The summed E-state index contributed by atoms with van der Waals surface area (Å²) in [5.41, 5.74) is -1.84. The van der Waals surface area contributed by atoms with Crippen molar-refractivity contribution < 1.29 is 20.1 Å². The number of aliphatic hydroxyl groups is 3. The van der Waals surface area contributed by atoms with Crippen molar-refractivity contribution in [2.75, 3.05) is 0 Å². The first-order valence-electron chi connectivity index (χ1n) is 10.4. The molecule has 1 aliphatic rings. The SMILES string of the molecule is C#CCCCCCC/C=C\CCCCCCC[C@]1(O)C(=O)C=C[C@H](O)[C@H]1O. The summed E-state index contributed by atoms with van der Waals surface area (Å²) in [5.74, 6) is 2.16. The molecule has 0 aromatic carbocycles. The first kappa shape index (κ1) is 23.6. The van der Waals surface area contributed by atoms with E-state index >= 15 is 0 Å². The molecule has 1 aliphatic carbocycles. The molecule has 0 bridgehead atoms. The maximum atomic E-state index is 11.8. The summed E-state index contributed by atoms with van der Waals surface area (Å²) in [6, 6.07) is 0. The number of carbonyl (C=O) groups excluding carboxylic acids is 1. The van der Waals surface area contributed by atoms with Crippen molar-refractivity contribution in [3.8, 4) is 12.3 Å². The molecule has 1 rings (SSSR count). The van der Waals surface area contributed by atoms with E-state index in [2.05, 4.69) is 18.1 Å². The summed E-state index contributed by atoms with van der Waals surface area (Å²) in [6.07, 6.45) is 22.6. The molecule has 0 spiro atoms. The van der Waals surface area contributed by atoms with Gasteiger partial charge in [-0.05, 0) is 50.7 Å². The Hall–Kier alpha value is -1.41. The Morgan fingerprint density at radius 3 is 2.15 bits per heavy atom. The number of unbranched alkanes of at least 4 members (excludes halogenated alkanes) is 10. The van der Waals surface area contributed by atoms with Crippen molar-refractivity contribution in [2.45, 2.75) is 101 Å². The van der Waals surface area contributed by atoms with Crippen LogP contribution in [0.15, 0.2) is 24.3 Å². The van der Waals surface area contributed by atoms with Crippen molar-refractivity contribution in [3.05, 3.63) is 24.3 Å². The van der Waals surface area contributed by atoms with Gasteiger partial charge >= 0.3 is 0 Å². The molecule has 0 fully saturated rings. The lowest BCUT2D eigenvalue weighted by Gasteiger charge is -2.35. The van der Waals surface area contributed by atoms with Crippen LogP contribution in [0.3, 0.4) is 0 Å².